The van der Waals surface area contributed by atoms with Crippen LogP contribution >= 0.6 is 15.9 Å². The third-order valence-electron chi connectivity index (χ3n) is 7.71. The van der Waals surface area contributed by atoms with E-state index in [9.17, 15) is 0 Å². The number of benzene rings is 4. The zero-order chi connectivity index (χ0) is 22.5. The molecule has 0 spiro atoms. The van der Waals surface area contributed by atoms with E-state index in [0.717, 1.165) is 0 Å². The monoisotopic (exact) mass is 490 g/mol. The average molecular weight is 491 g/mol. The van der Waals surface area contributed by atoms with Crippen LogP contribution in [0.25, 0.3) is 22.4 Å². The first-order valence-corrected chi connectivity index (χ1v) is 12.7. The molecule has 0 aliphatic heterocycles. The summed E-state index contributed by atoms with van der Waals surface area (Å²) in [4.78, 5) is 0. The molecule has 0 aromatic heterocycles. The Morgan fingerprint density at radius 2 is 1.33 bits per heavy atom. The number of fused-ring (bicyclic) bond motifs is 3. The Morgan fingerprint density at radius 1 is 0.667 bits per heavy atom. The molecule has 0 N–H and O–H groups in total. The van der Waals surface area contributed by atoms with E-state index in [2.05, 4.69) is 121 Å². The van der Waals surface area contributed by atoms with Crippen molar-refractivity contribution >= 4 is 38.4 Å². The van der Waals surface area contributed by atoms with Crippen molar-refractivity contribution in [2.75, 3.05) is 0 Å². The van der Waals surface area contributed by atoms with Gasteiger partial charge in [-0.25, -0.2) is 0 Å². The highest BCUT2D eigenvalue weighted by Crippen LogP contribution is 2.50. The van der Waals surface area contributed by atoms with Crippen molar-refractivity contribution in [2.24, 2.45) is 0 Å². The number of halogens is 1. The van der Waals surface area contributed by atoms with Crippen LogP contribution in [0.2, 0.25) is 0 Å². The molecule has 2 aliphatic carbocycles. The lowest BCUT2D eigenvalue weighted by molar-refractivity contribution is 0.611. The Bertz CT molecular complexity index is 1450. The number of hydrogen-bond donors (Lipinski definition) is 0. The second-order valence-corrected chi connectivity index (χ2v) is 10.3. The molecule has 1 heteroatoms. The lowest BCUT2D eigenvalue weighted by atomic mass is 9.84. The van der Waals surface area contributed by atoms with Crippen LogP contribution in [-0.4, -0.2) is 0 Å². The summed E-state index contributed by atoms with van der Waals surface area (Å²) in [6, 6.07) is 31.2. The molecule has 0 heterocycles. The van der Waals surface area contributed by atoms with E-state index in [1.165, 1.54) is 72.6 Å². The second-order valence-electron chi connectivity index (χ2n) is 9.49. The summed E-state index contributed by atoms with van der Waals surface area (Å²) < 4.78 is 1.21. The minimum atomic E-state index is 0.471. The van der Waals surface area contributed by atoms with E-state index in [1.807, 2.05) is 0 Å². The van der Waals surface area contributed by atoms with Gasteiger partial charge in [-0.2, -0.15) is 0 Å². The first kappa shape index (κ1) is 20.7. The minimum Gasteiger partial charge on any atom is -0.0652 e. The molecule has 4 aromatic rings. The first-order valence-electron chi connectivity index (χ1n) is 11.9. The van der Waals surface area contributed by atoms with Gasteiger partial charge in [-0.05, 0) is 76.9 Å². The van der Waals surface area contributed by atoms with E-state index < -0.39 is 0 Å². The van der Waals surface area contributed by atoms with E-state index in [-0.39, 0.29) is 0 Å². The average Bonchev–Trinajstić information content (AvgIpc) is 3.31. The van der Waals surface area contributed by atoms with Crippen molar-refractivity contribution in [1.82, 2.24) is 0 Å². The lowest BCUT2D eigenvalue weighted by Gasteiger charge is -2.20. The Labute approximate surface area is 204 Å². The van der Waals surface area contributed by atoms with Crippen LogP contribution < -0.4 is 0 Å². The van der Waals surface area contributed by atoms with Crippen LogP contribution in [0.3, 0.4) is 0 Å². The SMILES string of the molecule is CC1=Cc2c(Br)cccc2C1CCC1C(C)=C(c2cccc3ccccc23)c2ccccc21. The van der Waals surface area contributed by atoms with Crippen LogP contribution in [0.5, 0.6) is 0 Å². The Balaban J connectivity index is 1.40. The first-order chi connectivity index (χ1) is 16.1. The number of hydrogen-bond acceptors (Lipinski definition) is 0. The number of rotatable bonds is 4. The maximum absolute atomic E-state index is 3.75. The molecular formula is C32H27Br. The highest BCUT2D eigenvalue weighted by Gasteiger charge is 2.31. The Hall–Kier alpha value is -2.90. The fourth-order valence-electron chi connectivity index (χ4n) is 6.12. The van der Waals surface area contributed by atoms with Crippen molar-refractivity contribution < 1.29 is 0 Å². The van der Waals surface area contributed by atoms with Gasteiger partial charge in [0.1, 0.15) is 0 Å². The second kappa shape index (κ2) is 8.15. The van der Waals surface area contributed by atoms with Gasteiger partial charge in [-0.1, -0.05) is 112 Å². The van der Waals surface area contributed by atoms with Crippen molar-refractivity contribution in [3.05, 3.63) is 128 Å². The summed E-state index contributed by atoms with van der Waals surface area (Å²) in [5.74, 6) is 0.984. The molecule has 0 saturated heterocycles. The largest absolute Gasteiger partial charge is 0.0652 e. The molecule has 0 nitrogen and oxygen atoms in total. The maximum atomic E-state index is 3.75. The van der Waals surface area contributed by atoms with Gasteiger partial charge in [0.15, 0.2) is 0 Å². The summed E-state index contributed by atoms with van der Waals surface area (Å²) in [6.45, 7) is 4.66. The van der Waals surface area contributed by atoms with Gasteiger partial charge in [-0.3, -0.25) is 0 Å². The summed E-state index contributed by atoms with van der Waals surface area (Å²) >= 11 is 3.75. The van der Waals surface area contributed by atoms with Gasteiger partial charge in [0, 0.05) is 16.3 Å². The molecule has 6 rings (SSSR count). The molecule has 0 radical (unpaired) electrons. The smallest absolute Gasteiger partial charge is 0.0250 e. The molecule has 0 fully saturated rings. The molecule has 2 atom stereocenters. The van der Waals surface area contributed by atoms with E-state index in [0.29, 0.717) is 11.8 Å². The van der Waals surface area contributed by atoms with Gasteiger partial charge >= 0.3 is 0 Å². The van der Waals surface area contributed by atoms with Crippen LogP contribution in [0.15, 0.2) is 101 Å². The highest BCUT2D eigenvalue weighted by atomic mass is 79.9. The van der Waals surface area contributed by atoms with Gasteiger partial charge in [0.2, 0.25) is 0 Å². The summed E-state index contributed by atoms with van der Waals surface area (Å²) in [6.07, 6.45) is 4.71. The highest BCUT2D eigenvalue weighted by molar-refractivity contribution is 9.10. The lowest BCUT2D eigenvalue weighted by Crippen LogP contribution is -2.03. The van der Waals surface area contributed by atoms with E-state index in [4.69, 9.17) is 0 Å². The third kappa shape index (κ3) is 3.33. The molecule has 0 saturated carbocycles. The van der Waals surface area contributed by atoms with Gasteiger partial charge in [0.25, 0.3) is 0 Å². The predicted molar refractivity (Wildman–Crippen MR) is 145 cm³/mol. The molecule has 4 aromatic carbocycles. The van der Waals surface area contributed by atoms with E-state index >= 15 is 0 Å². The molecule has 0 bridgehead atoms. The van der Waals surface area contributed by atoms with Crippen molar-refractivity contribution in [3.8, 4) is 0 Å². The topological polar surface area (TPSA) is 0 Å². The summed E-state index contributed by atoms with van der Waals surface area (Å²) in [5, 5.41) is 2.66. The van der Waals surface area contributed by atoms with Crippen molar-refractivity contribution in [2.45, 2.75) is 38.5 Å². The van der Waals surface area contributed by atoms with Crippen LogP contribution in [-0.2, 0) is 0 Å². The molecule has 2 aliphatic rings. The fraction of sp³-hybridized carbons (Fsp3) is 0.188. The molecule has 33 heavy (non-hydrogen) atoms. The maximum Gasteiger partial charge on any atom is 0.0250 e. The molecule has 0 amide bonds. The van der Waals surface area contributed by atoms with Gasteiger partial charge in [-0.15, -0.1) is 0 Å². The van der Waals surface area contributed by atoms with Crippen LogP contribution in [0, 0.1) is 0 Å². The zero-order valence-corrected chi connectivity index (χ0v) is 20.7. The standard InChI is InChI=1S/C32H27Br/c1-20-19-30-26(14-8-16-31(30)33)23(20)17-18-24-21(2)32(29-13-6-5-12-27(24)29)28-15-7-10-22-9-3-4-11-25(22)28/h3-16,19,23-24H,17-18H2,1-2H3. The molecule has 162 valence electrons. The third-order valence-corrected chi connectivity index (χ3v) is 8.40. The Morgan fingerprint density at radius 3 is 2.24 bits per heavy atom. The fourth-order valence-corrected chi connectivity index (χ4v) is 6.62. The molecular weight excluding hydrogens is 464 g/mol. The quantitative estimate of drug-likeness (QED) is 0.267. The van der Waals surface area contributed by atoms with Crippen LogP contribution in [0.4, 0.5) is 0 Å². The zero-order valence-electron chi connectivity index (χ0n) is 19.1. The predicted octanol–water partition coefficient (Wildman–Crippen LogP) is 9.50. The van der Waals surface area contributed by atoms with Gasteiger partial charge < -0.3 is 0 Å². The van der Waals surface area contributed by atoms with Crippen molar-refractivity contribution in [3.63, 3.8) is 0 Å². The van der Waals surface area contributed by atoms with Crippen LogP contribution in [0.1, 0.15) is 66.3 Å². The van der Waals surface area contributed by atoms with Crippen molar-refractivity contribution in [1.29, 1.82) is 0 Å². The Kier molecular flexibility index (Phi) is 5.11. The molecule has 2 unspecified atom stereocenters. The minimum absolute atomic E-state index is 0.471. The number of allylic oxidation sites excluding steroid dienone is 2. The summed E-state index contributed by atoms with van der Waals surface area (Å²) in [7, 11) is 0. The summed E-state index contributed by atoms with van der Waals surface area (Å²) in [5.41, 5.74) is 11.6. The van der Waals surface area contributed by atoms with Gasteiger partial charge in [0.05, 0.1) is 0 Å². The normalized spacial score (nSPS) is 19.1. The van der Waals surface area contributed by atoms with E-state index in [1.54, 1.807) is 0 Å².